The van der Waals surface area contributed by atoms with Crippen LogP contribution in [0.1, 0.15) is 55.4 Å². The summed E-state index contributed by atoms with van der Waals surface area (Å²) in [6.07, 6.45) is 2.79. The molecular formula is C16H37Cl2CoNP2. The molecule has 0 atom stereocenters. The first-order valence-corrected chi connectivity index (χ1v) is 14.4. The van der Waals surface area contributed by atoms with Crippen molar-refractivity contribution in [2.75, 3.05) is 25.4 Å². The van der Waals surface area contributed by atoms with E-state index in [9.17, 15) is 0 Å². The van der Waals surface area contributed by atoms with Crippen LogP contribution in [0, 0.1) is 0 Å². The molecule has 0 saturated heterocycles. The number of halogens is 2. The Balaban J connectivity index is 0. The minimum atomic E-state index is 0.207. The van der Waals surface area contributed by atoms with E-state index in [1.807, 2.05) is 0 Å². The Morgan fingerprint density at radius 1 is 0.682 bits per heavy atom. The number of hydrogen-bond donors (Lipinski definition) is 1. The van der Waals surface area contributed by atoms with Crippen molar-refractivity contribution in [3.8, 4) is 0 Å². The molecule has 0 fully saturated rings. The fourth-order valence-corrected chi connectivity index (χ4v) is 8.05. The van der Waals surface area contributed by atoms with E-state index in [-0.39, 0.29) is 15.8 Å². The Labute approximate surface area is 157 Å². The zero-order valence-corrected chi connectivity index (χ0v) is 20.0. The van der Waals surface area contributed by atoms with Gasteiger partial charge in [-0.05, 0) is 48.0 Å². The van der Waals surface area contributed by atoms with E-state index in [0.29, 0.717) is 12.9 Å². The Hall–Kier alpha value is 1.91. The average Bonchev–Trinajstić information content (AvgIpc) is 2.36. The van der Waals surface area contributed by atoms with Gasteiger partial charge in [-0.2, -0.15) is 0 Å². The van der Waals surface area contributed by atoms with E-state index in [0.717, 1.165) is 22.6 Å². The summed E-state index contributed by atoms with van der Waals surface area (Å²) < 4.78 is 0. The van der Waals surface area contributed by atoms with E-state index >= 15 is 0 Å². The van der Waals surface area contributed by atoms with Gasteiger partial charge < -0.3 is 5.32 Å². The van der Waals surface area contributed by atoms with E-state index < -0.39 is 0 Å². The van der Waals surface area contributed by atoms with Crippen LogP contribution in [0.5, 0.6) is 0 Å². The molecule has 0 amide bonds. The molecule has 0 aromatic rings. The summed E-state index contributed by atoms with van der Waals surface area (Å²) in [6, 6.07) is 0. The molecule has 0 aromatic heterocycles. The maximum atomic E-state index is 4.73. The third-order valence-electron chi connectivity index (χ3n) is 3.75. The second kappa shape index (κ2) is 16.4. The Morgan fingerprint density at radius 2 is 0.909 bits per heavy atom. The summed E-state index contributed by atoms with van der Waals surface area (Å²) in [7, 11) is 9.88. The topological polar surface area (TPSA) is 12.0 Å². The monoisotopic (exact) mass is 434 g/mol. The van der Waals surface area contributed by atoms with Crippen LogP contribution in [0.25, 0.3) is 0 Å². The molecule has 0 saturated carbocycles. The first-order chi connectivity index (χ1) is 10.2. The van der Waals surface area contributed by atoms with Crippen molar-refractivity contribution >= 4 is 36.1 Å². The third kappa shape index (κ3) is 14.3. The van der Waals surface area contributed by atoms with Gasteiger partial charge in [0.05, 0.1) is 0 Å². The molecule has 0 unspecified atom stereocenters. The van der Waals surface area contributed by atoms with E-state index in [4.69, 9.17) is 20.3 Å². The molecule has 6 heteroatoms. The van der Waals surface area contributed by atoms with Crippen molar-refractivity contribution in [2.45, 2.75) is 78.0 Å². The average molecular weight is 435 g/mol. The molecule has 1 nitrogen and oxygen atoms in total. The van der Waals surface area contributed by atoms with Crippen LogP contribution in [-0.2, 0) is 12.9 Å². The van der Waals surface area contributed by atoms with Crippen molar-refractivity contribution < 1.29 is 12.9 Å². The second-order valence-electron chi connectivity index (χ2n) is 6.65. The van der Waals surface area contributed by atoms with Gasteiger partial charge in [-0.1, -0.05) is 55.4 Å². The second-order valence-corrected chi connectivity index (χ2v) is 15.5. The minimum absolute atomic E-state index is 0.207. The van der Waals surface area contributed by atoms with Crippen LogP contribution >= 0.6 is 36.1 Å². The van der Waals surface area contributed by atoms with E-state index in [1.165, 1.54) is 25.4 Å². The van der Waals surface area contributed by atoms with Gasteiger partial charge in [0.1, 0.15) is 0 Å². The van der Waals surface area contributed by atoms with Gasteiger partial charge in [0, 0.05) is 0 Å². The molecule has 139 valence electrons. The number of rotatable bonds is 10. The van der Waals surface area contributed by atoms with Crippen LogP contribution in [0.4, 0.5) is 0 Å². The summed E-state index contributed by atoms with van der Waals surface area (Å²) in [5.41, 5.74) is 3.50. The standard InChI is InChI=1S/C16H37NP2.2ClH.Co/c1-13(2)18(14(3)4)11-9-17-10-12-19(15(5)6)16(7)8;;;/h13-17H,9-12H2,1-8H3;2*1H;/q;;;+2/p-2. The molecular weight excluding hydrogens is 398 g/mol. The molecule has 22 heavy (non-hydrogen) atoms. The maximum absolute atomic E-state index is 4.73. The van der Waals surface area contributed by atoms with Crippen LogP contribution in [0.3, 0.4) is 0 Å². The first-order valence-electron chi connectivity index (χ1n) is 8.24. The van der Waals surface area contributed by atoms with Gasteiger partial charge >= 0.3 is 33.2 Å². The fraction of sp³-hybridized carbons (Fsp3) is 1.00. The quantitative estimate of drug-likeness (QED) is 0.303. The van der Waals surface area contributed by atoms with Crippen LogP contribution in [0.2, 0.25) is 0 Å². The molecule has 0 aliphatic rings. The summed E-state index contributed by atoms with van der Waals surface area (Å²) in [5.74, 6) is 0. The van der Waals surface area contributed by atoms with Gasteiger partial charge in [-0.15, -0.1) is 15.8 Å². The molecule has 1 N–H and O–H groups in total. The number of nitrogens with one attached hydrogen (secondary N) is 1. The summed E-state index contributed by atoms with van der Waals surface area (Å²) in [5, 5.41) is 3.70. The van der Waals surface area contributed by atoms with Crippen LogP contribution < -0.4 is 5.32 Å². The van der Waals surface area contributed by atoms with Gasteiger partial charge in [0.2, 0.25) is 0 Å². The summed E-state index contributed by atoms with van der Waals surface area (Å²) in [6.45, 7) is 21.6. The van der Waals surface area contributed by atoms with Gasteiger partial charge in [0.25, 0.3) is 0 Å². The van der Waals surface area contributed by atoms with Crippen molar-refractivity contribution in [2.24, 2.45) is 0 Å². The zero-order valence-electron chi connectivity index (χ0n) is 15.6. The Morgan fingerprint density at radius 3 is 1.09 bits per heavy atom. The fourth-order valence-electron chi connectivity index (χ4n) is 2.77. The zero-order chi connectivity index (χ0) is 17.7. The molecule has 0 spiro atoms. The van der Waals surface area contributed by atoms with Gasteiger partial charge in [0.15, 0.2) is 0 Å². The Bertz CT molecular complexity index is 204. The molecule has 0 heterocycles. The predicted molar refractivity (Wildman–Crippen MR) is 109 cm³/mol. The van der Waals surface area contributed by atoms with E-state index in [2.05, 4.69) is 60.7 Å². The molecule has 0 aliphatic heterocycles. The van der Waals surface area contributed by atoms with Crippen LogP contribution in [0.15, 0.2) is 0 Å². The molecule has 0 bridgehead atoms. The normalized spacial score (nSPS) is 12.2. The van der Waals surface area contributed by atoms with Crippen molar-refractivity contribution in [3.63, 3.8) is 0 Å². The molecule has 0 aromatic carbocycles. The van der Waals surface area contributed by atoms with E-state index in [1.54, 1.807) is 0 Å². The van der Waals surface area contributed by atoms with Crippen LogP contribution in [-0.4, -0.2) is 48.0 Å². The third-order valence-corrected chi connectivity index (χ3v) is 10.5. The number of hydrogen-bond acceptors (Lipinski definition) is 1. The SMILES string of the molecule is CC(C)P(CCNCCP(C(C)C)C(C)C)C(C)C.[Cl][Co][Cl]. The van der Waals surface area contributed by atoms with Crippen molar-refractivity contribution in [3.05, 3.63) is 0 Å². The van der Waals surface area contributed by atoms with Gasteiger partial charge in [-0.3, -0.25) is 0 Å². The van der Waals surface area contributed by atoms with Gasteiger partial charge in [-0.25, -0.2) is 0 Å². The van der Waals surface area contributed by atoms with Crippen molar-refractivity contribution in [1.29, 1.82) is 0 Å². The van der Waals surface area contributed by atoms with Crippen molar-refractivity contribution in [1.82, 2.24) is 5.32 Å². The molecule has 0 radical (unpaired) electrons. The summed E-state index contributed by atoms with van der Waals surface area (Å²) >= 11 is 0.382. The molecule has 0 aliphatic carbocycles. The molecule has 0 rings (SSSR count). The Kier molecular flexibility index (Phi) is 19.5. The predicted octanol–water partition coefficient (Wildman–Crippen LogP) is 6.55. The summed E-state index contributed by atoms with van der Waals surface area (Å²) in [4.78, 5) is 0. The first kappa shape index (κ1) is 26.1.